The number of rotatable bonds is 10. The standard InChI is InChI=1S/C31H34F3N4O4/c1-3-28(27(16-39)21(2)23-8-10-31(33,34)11-9-23)42-17-25-15-36(18-30(25)19-38(41)20-30)29(40)24-12-35-37(14-24)13-22-4-6-26(32)7-5-22/h3-7,12,14,16,23,25H,1-2,8-11,13,15,17-20H2/q+1/b28-27+. The topological polar surface area (TPSA) is 84.5 Å². The summed E-state index contributed by atoms with van der Waals surface area (Å²) < 4.78 is 49.2. The molecule has 1 aromatic carbocycles. The number of nitroso groups, excluding NO2 is 1. The van der Waals surface area contributed by atoms with Crippen molar-refractivity contribution in [3.05, 3.63) is 94.6 Å². The average Bonchev–Trinajstić information content (AvgIpc) is 3.57. The summed E-state index contributed by atoms with van der Waals surface area (Å²) in [5.74, 6) is -3.47. The molecule has 2 aliphatic heterocycles. The van der Waals surface area contributed by atoms with E-state index in [0.717, 1.165) is 10.3 Å². The fraction of sp³-hybridized carbons (Fsp3) is 0.452. The van der Waals surface area contributed by atoms with E-state index in [1.54, 1.807) is 27.9 Å². The Morgan fingerprint density at radius 1 is 1.19 bits per heavy atom. The lowest BCUT2D eigenvalue weighted by Gasteiger charge is -2.33. The van der Waals surface area contributed by atoms with E-state index >= 15 is 0 Å². The van der Waals surface area contributed by atoms with Crippen LogP contribution in [0.25, 0.3) is 0 Å². The highest BCUT2D eigenvalue weighted by atomic mass is 19.3. The SMILES string of the molecule is C=C/C(OCC1CN(C(=O)c2cnn(Cc3ccc(F)cc3)c2)CC12C[N+](=O)C2)=C(/C=O)C(=C)C1CCC(F)(F)CC1. The number of carbonyl (C=O) groups is 2. The summed E-state index contributed by atoms with van der Waals surface area (Å²) in [6.07, 6.45) is 5.13. The molecule has 1 aromatic heterocycles. The minimum Gasteiger partial charge on any atom is -0.492 e. The van der Waals surface area contributed by atoms with Gasteiger partial charge in [0.05, 0.1) is 30.5 Å². The van der Waals surface area contributed by atoms with E-state index in [0.29, 0.717) is 37.1 Å². The Morgan fingerprint density at radius 3 is 2.50 bits per heavy atom. The number of amides is 1. The molecule has 0 N–H and O–H groups in total. The molecule has 1 unspecified atom stereocenters. The molecule has 2 aromatic rings. The first-order valence-corrected chi connectivity index (χ1v) is 14.0. The smallest absolute Gasteiger partial charge is 0.257 e. The first kappa shape index (κ1) is 29.5. The summed E-state index contributed by atoms with van der Waals surface area (Å²) in [7, 11) is 0. The number of aromatic nitrogens is 2. The molecule has 222 valence electrons. The first-order valence-electron chi connectivity index (χ1n) is 14.0. The molecule has 3 aliphatic rings. The molecule has 1 atom stereocenters. The average molecular weight is 584 g/mol. The maximum absolute atomic E-state index is 13.7. The van der Waals surface area contributed by atoms with Crippen molar-refractivity contribution >= 4 is 12.2 Å². The lowest BCUT2D eigenvalue weighted by atomic mass is 9.73. The van der Waals surface area contributed by atoms with E-state index in [1.165, 1.54) is 24.4 Å². The third kappa shape index (κ3) is 6.10. The fourth-order valence-electron chi connectivity index (χ4n) is 6.29. The van der Waals surface area contributed by atoms with Crippen LogP contribution in [-0.2, 0) is 16.1 Å². The fourth-order valence-corrected chi connectivity index (χ4v) is 6.29. The molecule has 1 saturated carbocycles. The van der Waals surface area contributed by atoms with Crippen LogP contribution in [0.3, 0.4) is 0 Å². The lowest BCUT2D eigenvalue weighted by Crippen LogP contribution is -2.56. The molecule has 0 radical (unpaired) electrons. The van der Waals surface area contributed by atoms with Crippen LogP contribution < -0.4 is 0 Å². The van der Waals surface area contributed by atoms with Gasteiger partial charge in [0.1, 0.15) is 17.0 Å². The normalized spacial score (nSPS) is 21.9. The van der Waals surface area contributed by atoms with Crippen molar-refractivity contribution in [2.24, 2.45) is 17.3 Å². The van der Waals surface area contributed by atoms with Gasteiger partial charge in [-0.15, -0.1) is 0 Å². The second-order valence-corrected chi connectivity index (χ2v) is 11.7. The summed E-state index contributed by atoms with van der Waals surface area (Å²) in [6, 6.07) is 6.05. The highest BCUT2D eigenvalue weighted by Crippen LogP contribution is 2.44. The molecular weight excluding hydrogens is 549 g/mol. The van der Waals surface area contributed by atoms with Gasteiger partial charge in [-0.3, -0.25) is 14.3 Å². The monoisotopic (exact) mass is 583 g/mol. The van der Waals surface area contributed by atoms with Gasteiger partial charge in [-0.05, 0) is 52.9 Å². The predicted molar refractivity (Wildman–Crippen MR) is 148 cm³/mol. The van der Waals surface area contributed by atoms with Crippen molar-refractivity contribution in [2.75, 3.05) is 32.8 Å². The third-order valence-corrected chi connectivity index (χ3v) is 8.78. The molecule has 1 aliphatic carbocycles. The Hall–Kier alpha value is -4.02. The van der Waals surface area contributed by atoms with Gasteiger partial charge >= 0.3 is 0 Å². The number of allylic oxidation sites excluding steroid dienone is 3. The molecule has 1 amide bonds. The number of likely N-dealkylation sites (tertiary alicyclic amines) is 1. The largest absolute Gasteiger partial charge is 0.492 e. The maximum atomic E-state index is 13.7. The van der Waals surface area contributed by atoms with Crippen LogP contribution in [-0.4, -0.2) is 70.3 Å². The van der Waals surface area contributed by atoms with E-state index in [-0.39, 0.29) is 80.3 Å². The Labute approximate surface area is 242 Å². The van der Waals surface area contributed by atoms with Crippen molar-refractivity contribution in [1.82, 2.24) is 14.7 Å². The van der Waals surface area contributed by atoms with Crippen molar-refractivity contribution in [1.29, 1.82) is 0 Å². The van der Waals surface area contributed by atoms with Gasteiger partial charge in [-0.1, -0.05) is 25.3 Å². The second-order valence-electron chi connectivity index (χ2n) is 11.7. The zero-order valence-corrected chi connectivity index (χ0v) is 23.3. The number of nitrogens with zero attached hydrogens (tertiary/aromatic N) is 4. The minimum atomic E-state index is -2.70. The molecule has 42 heavy (non-hydrogen) atoms. The summed E-state index contributed by atoms with van der Waals surface area (Å²) in [6.45, 7) is 9.54. The van der Waals surface area contributed by atoms with Crippen molar-refractivity contribution in [2.45, 2.75) is 38.2 Å². The van der Waals surface area contributed by atoms with Gasteiger partial charge in [-0.25, -0.2) is 13.2 Å². The molecule has 8 nitrogen and oxygen atoms in total. The molecule has 1 spiro atoms. The highest BCUT2D eigenvalue weighted by molar-refractivity contribution is 5.94. The second kappa shape index (κ2) is 11.7. The number of carbonyl (C=O) groups excluding carboxylic acids is 2. The molecular formula is C31H34F3N4O4+. The van der Waals surface area contributed by atoms with E-state index in [1.807, 2.05) is 0 Å². The zero-order valence-electron chi connectivity index (χ0n) is 23.3. The summed E-state index contributed by atoms with van der Waals surface area (Å²) in [5, 5.41) is 4.28. The van der Waals surface area contributed by atoms with Crippen LogP contribution in [0.2, 0.25) is 0 Å². The van der Waals surface area contributed by atoms with E-state index in [4.69, 9.17) is 4.74 Å². The van der Waals surface area contributed by atoms with E-state index in [9.17, 15) is 27.7 Å². The number of alkyl halides is 2. The maximum Gasteiger partial charge on any atom is 0.257 e. The minimum absolute atomic E-state index is 0.135. The van der Waals surface area contributed by atoms with Crippen LogP contribution >= 0.6 is 0 Å². The van der Waals surface area contributed by atoms with Crippen LogP contribution in [0.1, 0.15) is 41.6 Å². The summed E-state index contributed by atoms with van der Waals surface area (Å²) in [4.78, 5) is 39.2. The van der Waals surface area contributed by atoms with E-state index < -0.39 is 11.3 Å². The van der Waals surface area contributed by atoms with Gasteiger partial charge in [0.2, 0.25) is 19.0 Å². The Balaban J connectivity index is 1.26. The number of hydrogen-bond donors (Lipinski definition) is 0. The molecule has 3 fully saturated rings. The Morgan fingerprint density at radius 2 is 1.88 bits per heavy atom. The van der Waals surface area contributed by atoms with Crippen LogP contribution in [0.4, 0.5) is 13.2 Å². The van der Waals surface area contributed by atoms with Gasteiger partial charge in [0, 0.05) is 43.0 Å². The van der Waals surface area contributed by atoms with E-state index in [2.05, 4.69) is 18.3 Å². The van der Waals surface area contributed by atoms with Gasteiger partial charge in [-0.2, -0.15) is 5.10 Å². The Bertz CT molecular complexity index is 1410. The van der Waals surface area contributed by atoms with Crippen molar-refractivity contribution in [3.8, 4) is 0 Å². The quantitative estimate of drug-likeness (QED) is 0.130. The first-order chi connectivity index (χ1) is 20.0. The Kier molecular flexibility index (Phi) is 8.21. The zero-order chi connectivity index (χ0) is 30.1. The van der Waals surface area contributed by atoms with Crippen LogP contribution in [0.15, 0.2) is 72.8 Å². The predicted octanol–water partition coefficient (Wildman–Crippen LogP) is 4.96. The van der Waals surface area contributed by atoms with Crippen molar-refractivity contribution in [3.63, 3.8) is 0 Å². The van der Waals surface area contributed by atoms with Crippen LogP contribution in [0.5, 0.6) is 0 Å². The third-order valence-electron chi connectivity index (χ3n) is 8.78. The molecule has 3 heterocycles. The van der Waals surface area contributed by atoms with Gasteiger partial charge in [0.25, 0.3) is 5.91 Å². The lowest BCUT2D eigenvalue weighted by molar-refractivity contribution is -0.647. The highest BCUT2D eigenvalue weighted by Gasteiger charge is 2.62. The number of hydrogen-bond acceptors (Lipinski definition) is 5. The summed E-state index contributed by atoms with van der Waals surface area (Å²) in [5.41, 5.74) is 1.44. The van der Waals surface area contributed by atoms with Gasteiger partial charge in [0.15, 0.2) is 6.29 Å². The summed E-state index contributed by atoms with van der Waals surface area (Å²) >= 11 is 0. The number of aldehydes is 1. The van der Waals surface area contributed by atoms with Crippen LogP contribution in [0, 0.1) is 28.0 Å². The molecule has 0 bridgehead atoms. The number of benzene rings is 1. The van der Waals surface area contributed by atoms with Gasteiger partial charge < -0.3 is 9.64 Å². The van der Waals surface area contributed by atoms with Crippen molar-refractivity contribution < 1.29 is 32.3 Å². The molecule has 5 rings (SSSR count). The molecule has 11 heteroatoms. The number of halogens is 3. The number of ether oxygens (including phenoxy) is 1. The molecule has 2 saturated heterocycles.